The third-order valence-electron chi connectivity index (χ3n) is 2.32. The molecule has 4 N–H and O–H groups in total. The van der Waals surface area contributed by atoms with Gasteiger partial charge in [0.15, 0.2) is 11.5 Å². The van der Waals surface area contributed by atoms with Gasteiger partial charge in [0.25, 0.3) is 0 Å². The molecule has 0 bridgehead atoms. The first-order valence-corrected chi connectivity index (χ1v) is 4.10. The third kappa shape index (κ3) is 1.10. The van der Waals surface area contributed by atoms with E-state index >= 15 is 0 Å². The SMILES string of the molecule is CC1Nc2cc(O)c(O)cc2C1O. The number of phenolic OH excluding ortho intramolecular Hbond substituents is 2. The van der Waals surface area contributed by atoms with E-state index in [1.165, 1.54) is 12.1 Å². The fourth-order valence-corrected chi connectivity index (χ4v) is 1.56. The number of phenols is 2. The molecule has 1 aromatic rings. The molecule has 4 nitrogen and oxygen atoms in total. The number of benzene rings is 1. The summed E-state index contributed by atoms with van der Waals surface area (Å²) in [4.78, 5) is 0. The molecule has 1 aliphatic rings. The standard InChI is InChI=1S/C9H11NO3/c1-4-9(13)5-2-7(11)8(12)3-6(5)10-4/h2-4,9-13H,1H3. The fraction of sp³-hybridized carbons (Fsp3) is 0.333. The molecule has 1 aliphatic heterocycles. The number of nitrogens with one attached hydrogen (secondary N) is 1. The zero-order valence-electron chi connectivity index (χ0n) is 7.15. The van der Waals surface area contributed by atoms with Crippen LogP contribution in [0.4, 0.5) is 5.69 Å². The van der Waals surface area contributed by atoms with Gasteiger partial charge in [0.2, 0.25) is 0 Å². The van der Waals surface area contributed by atoms with Crippen molar-refractivity contribution in [3.63, 3.8) is 0 Å². The Labute approximate surface area is 75.5 Å². The molecule has 2 unspecified atom stereocenters. The maximum atomic E-state index is 9.61. The first kappa shape index (κ1) is 8.19. The van der Waals surface area contributed by atoms with Crippen LogP contribution in [0.3, 0.4) is 0 Å². The van der Waals surface area contributed by atoms with Crippen molar-refractivity contribution in [2.24, 2.45) is 0 Å². The Balaban J connectivity index is 2.53. The van der Waals surface area contributed by atoms with Crippen LogP contribution in [0.5, 0.6) is 11.5 Å². The summed E-state index contributed by atoms with van der Waals surface area (Å²) in [5.74, 6) is -0.374. The van der Waals surface area contributed by atoms with Gasteiger partial charge in [0.05, 0.1) is 6.04 Å². The van der Waals surface area contributed by atoms with Gasteiger partial charge >= 0.3 is 0 Å². The second-order valence-electron chi connectivity index (χ2n) is 3.31. The smallest absolute Gasteiger partial charge is 0.159 e. The maximum absolute atomic E-state index is 9.61. The zero-order valence-corrected chi connectivity index (χ0v) is 7.15. The molecule has 70 valence electrons. The summed E-state index contributed by atoms with van der Waals surface area (Å²) < 4.78 is 0. The van der Waals surface area contributed by atoms with Crippen molar-refractivity contribution in [3.8, 4) is 11.5 Å². The van der Waals surface area contributed by atoms with E-state index in [0.717, 1.165) is 0 Å². The van der Waals surface area contributed by atoms with E-state index in [0.29, 0.717) is 11.3 Å². The van der Waals surface area contributed by atoms with Crippen molar-refractivity contribution in [2.45, 2.75) is 19.1 Å². The van der Waals surface area contributed by atoms with E-state index in [2.05, 4.69) is 5.32 Å². The molecule has 13 heavy (non-hydrogen) atoms. The van der Waals surface area contributed by atoms with Gasteiger partial charge in [-0.05, 0) is 13.0 Å². The Morgan fingerprint density at radius 2 is 1.85 bits per heavy atom. The molecule has 0 amide bonds. The van der Waals surface area contributed by atoms with Gasteiger partial charge in [-0.15, -0.1) is 0 Å². The molecule has 0 radical (unpaired) electrons. The number of anilines is 1. The maximum Gasteiger partial charge on any atom is 0.159 e. The molecule has 0 saturated carbocycles. The van der Waals surface area contributed by atoms with Gasteiger partial charge in [-0.3, -0.25) is 0 Å². The number of fused-ring (bicyclic) bond motifs is 1. The predicted molar refractivity (Wildman–Crippen MR) is 47.8 cm³/mol. The van der Waals surface area contributed by atoms with Crippen molar-refractivity contribution in [2.75, 3.05) is 5.32 Å². The Kier molecular flexibility index (Phi) is 1.60. The largest absolute Gasteiger partial charge is 0.504 e. The number of aromatic hydroxyl groups is 2. The molecular formula is C9H11NO3. The van der Waals surface area contributed by atoms with Gasteiger partial charge < -0.3 is 20.6 Å². The summed E-state index contributed by atoms with van der Waals surface area (Å²) in [5, 5.41) is 31.0. The van der Waals surface area contributed by atoms with Crippen molar-refractivity contribution in [1.29, 1.82) is 0 Å². The van der Waals surface area contributed by atoms with E-state index in [-0.39, 0.29) is 17.5 Å². The van der Waals surface area contributed by atoms with Crippen LogP contribution in [0, 0.1) is 0 Å². The minimum Gasteiger partial charge on any atom is -0.504 e. The lowest BCUT2D eigenvalue weighted by Crippen LogP contribution is -2.14. The summed E-state index contributed by atoms with van der Waals surface area (Å²) in [6.45, 7) is 1.83. The highest BCUT2D eigenvalue weighted by atomic mass is 16.3. The summed E-state index contributed by atoms with van der Waals surface area (Å²) in [5.41, 5.74) is 1.30. The van der Waals surface area contributed by atoms with Crippen molar-refractivity contribution < 1.29 is 15.3 Å². The number of aliphatic hydroxyl groups excluding tert-OH is 1. The molecule has 0 aromatic heterocycles. The van der Waals surface area contributed by atoms with Crippen molar-refractivity contribution >= 4 is 5.69 Å². The van der Waals surface area contributed by atoms with Crippen LogP contribution < -0.4 is 5.32 Å². The van der Waals surface area contributed by atoms with Crippen LogP contribution in [0.25, 0.3) is 0 Å². The van der Waals surface area contributed by atoms with Gasteiger partial charge in [-0.1, -0.05) is 0 Å². The van der Waals surface area contributed by atoms with E-state index < -0.39 is 6.10 Å². The van der Waals surface area contributed by atoms with Gasteiger partial charge in [0, 0.05) is 17.3 Å². The minimum atomic E-state index is -0.624. The molecule has 0 aliphatic carbocycles. The van der Waals surface area contributed by atoms with Gasteiger partial charge in [-0.25, -0.2) is 0 Å². The first-order valence-electron chi connectivity index (χ1n) is 4.10. The van der Waals surface area contributed by atoms with E-state index in [9.17, 15) is 15.3 Å². The van der Waals surface area contributed by atoms with E-state index in [1.807, 2.05) is 6.92 Å². The Hall–Kier alpha value is -1.42. The Bertz CT molecular complexity index is 351. The highest BCUT2D eigenvalue weighted by Crippen LogP contribution is 2.40. The number of hydrogen-bond acceptors (Lipinski definition) is 4. The lowest BCUT2D eigenvalue weighted by Gasteiger charge is -2.07. The molecular weight excluding hydrogens is 170 g/mol. The number of rotatable bonds is 0. The van der Waals surface area contributed by atoms with Crippen LogP contribution in [0.1, 0.15) is 18.6 Å². The summed E-state index contributed by atoms with van der Waals surface area (Å²) in [7, 11) is 0. The minimum absolute atomic E-state index is 0.0869. The van der Waals surface area contributed by atoms with Crippen LogP contribution in [-0.4, -0.2) is 21.4 Å². The third-order valence-corrected chi connectivity index (χ3v) is 2.32. The average Bonchev–Trinajstić information content (AvgIpc) is 2.32. The van der Waals surface area contributed by atoms with Crippen LogP contribution in [0.15, 0.2) is 12.1 Å². The molecule has 2 rings (SSSR count). The van der Waals surface area contributed by atoms with Gasteiger partial charge in [-0.2, -0.15) is 0 Å². The number of hydrogen-bond donors (Lipinski definition) is 4. The van der Waals surface area contributed by atoms with Crippen LogP contribution in [0.2, 0.25) is 0 Å². The Morgan fingerprint density at radius 3 is 2.54 bits per heavy atom. The summed E-state index contributed by atoms with van der Waals surface area (Å²) in [6, 6.07) is 2.71. The average molecular weight is 181 g/mol. The summed E-state index contributed by atoms with van der Waals surface area (Å²) >= 11 is 0. The topological polar surface area (TPSA) is 72.7 Å². The first-order chi connectivity index (χ1) is 6.09. The number of aliphatic hydroxyl groups is 1. The molecule has 0 saturated heterocycles. The zero-order chi connectivity index (χ0) is 9.59. The molecule has 0 fully saturated rings. The van der Waals surface area contributed by atoms with Crippen molar-refractivity contribution in [3.05, 3.63) is 17.7 Å². The highest BCUT2D eigenvalue weighted by molar-refractivity contribution is 5.64. The lowest BCUT2D eigenvalue weighted by atomic mass is 10.1. The molecule has 4 heteroatoms. The highest BCUT2D eigenvalue weighted by Gasteiger charge is 2.28. The second kappa shape index (κ2) is 2.53. The summed E-state index contributed by atoms with van der Waals surface area (Å²) in [6.07, 6.45) is -0.624. The quantitative estimate of drug-likeness (QED) is 0.355. The Morgan fingerprint density at radius 1 is 1.23 bits per heavy atom. The molecule has 1 heterocycles. The monoisotopic (exact) mass is 181 g/mol. The fourth-order valence-electron chi connectivity index (χ4n) is 1.56. The van der Waals surface area contributed by atoms with E-state index in [1.54, 1.807) is 0 Å². The predicted octanol–water partition coefficient (Wildman–Crippen LogP) is 0.945. The van der Waals surface area contributed by atoms with E-state index in [4.69, 9.17) is 0 Å². The van der Waals surface area contributed by atoms with Crippen LogP contribution >= 0.6 is 0 Å². The van der Waals surface area contributed by atoms with Crippen molar-refractivity contribution in [1.82, 2.24) is 0 Å². The van der Waals surface area contributed by atoms with Crippen LogP contribution in [-0.2, 0) is 0 Å². The normalized spacial score (nSPS) is 25.4. The molecule has 2 atom stereocenters. The lowest BCUT2D eigenvalue weighted by molar-refractivity contribution is 0.170. The molecule has 0 spiro atoms. The molecule has 1 aromatic carbocycles. The van der Waals surface area contributed by atoms with Gasteiger partial charge in [0.1, 0.15) is 6.10 Å². The second-order valence-corrected chi connectivity index (χ2v) is 3.31.